The first-order valence-electron chi connectivity index (χ1n) is 14.9. The van der Waals surface area contributed by atoms with Gasteiger partial charge in [0.1, 0.15) is 18.0 Å². The number of amides is 2. The number of nitrogens with two attached hydrogens (primary N) is 1. The topological polar surface area (TPSA) is 147 Å². The maximum Gasteiger partial charge on any atom is 0.408 e. The Labute approximate surface area is 269 Å². The van der Waals surface area contributed by atoms with Gasteiger partial charge in [-0.25, -0.2) is 19.7 Å². The molecule has 238 valence electrons. The van der Waals surface area contributed by atoms with Gasteiger partial charge in [-0.3, -0.25) is 4.79 Å². The van der Waals surface area contributed by atoms with Gasteiger partial charge in [-0.05, 0) is 86.4 Å². The number of carbonyl (C=O) groups excluding carboxylic acids is 2. The fraction of sp³-hybridized carbons (Fsp3) is 0.567. The molecule has 2 amide bonds. The molecule has 4 heterocycles. The van der Waals surface area contributed by atoms with Gasteiger partial charge in [-0.1, -0.05) is 25.6 Å². The standard InChI is InChI=1S/C30H40BrN7O5S/c1-17(2)12-20(35-29(40)43-30(3,4)5)27(39)37-9-6-18(7-10-37)8-11-38-26-24(25(32)33-15-34-26)36-28(38)44-23-14-22-21(13-19(23)31)41-16-42-22/h13-15,17-18,20H,6-12,16H2,1-5H3,(H,35,40)(H2,32,33,34)/t20-/m0/s1. The van der Waals surface area contributed by atoms with Crippen LogP contribution in [0.4, 0.5) is 10.6 Å². The Bertz CT molecular complexity index is 1520. The van der Waals surface area contributed by atoms with Gasteiger partial charge < -0.3 is 34.7 Å². The number of hydrogen-bond acceptors (Lipinski definition) is 10. The number of hydrogen-bond donors (Lipinski definition) is 2. The Balaban J connectivity index is 1.24. The van der Waals surface area contributed by atoms with Crippen molar-refractivity contribution in [3.63, 3.8) is 0 Å². The lowest BCUT2D eigenvalue weighted by atomic mass is 9.92. The predicted octanol–water partition coefficient (Wildman–Crippen LogP) is 5.62. The maximum atomic E-state index is 13.5. The molecule has 3 aromatic rings. The molecule has 1 atom stereocenters. The number of halogens is 1. The predicted molar refractivity (Wildman–Crippen MR) is 171 cm³/mol. The summed E-state index contributed by atoms with van der Waals surface area (Å²) in [6.45, 7) is 11.7. The van der Waals surface area contributed by atoms with Gasteiger partial charge in [0.2, 0.25) is 12.7 Å². The highest BCUT2D eigenvalue weighted by atomic mass is 79.9. The number of fused-ring (bicyclic) bond motifs is 2. The zero-order chi connectivity index (χ0) is 31.6. The van der Waals surface area contributed by atoms with Crippen LogP contribution < -0.4 is 20.5 Å². The molecule has 1 saturated heterocycles. The van der Waals surface area contributed by atoms with Gasteiger partial charge in [-0.2, -0.15) is 0 Å². The van der Waals surface area contributed by atoms with Gasteiger partial charge in [0.05, 0.1) is 0 Å². The van der Waals surface area contributed by atoms with Crippen LogP contribution in [-0.2, 0) is 16.1 Å². The molecule has 2 aromatic heterocycles. The van der Waals surface area contributed by atoms with Gasteiger partial charge in [0, 0.05) is 29.0 Å². The summed E-state index contributed by atoms with van der Waals surface area (Å²) >= 11 is 5.15. The first kappa shape index (κ1) is 32.1. The second-order valence-corrected chi connectivity index (χ2v) is 14.5. The van der Waals surface area contributed by atoms with Crippen molar-refractivity contribution in [2.75, 3.05) is 25.6 Å². The van der Waals surface area contributed by atoms with Crippen LogP contribution in [0.15, 0.2) is 33.0 Å². The number of carbonyl (C=O) groups is 2. The molecule has 0 aliphatic carbocycles. The lowest BCUT2D eigenvalue weighted by Gasteiger charge is -2.35. The molecule has 1 fully saturated rings. The number of aromatic nitrogens is 4. The molecule has 2 aliphatic heterocycles. The van der Waals surface area contributed by atoms with Crippen LogP contribution in [0.25, 0.3) is 11.2 Å². The average Bonchev–Trinajstić information content (AvgIpc) is 3.54. The number of aryl methyl sites for hydroxylation is 1. The van der Waals surface area contributed by atoms with E-state index in [1.54, 1.807) is 0 Å². The first-order chi connectivity index (χ1) is 20.9. The average molecular weight is 691 g/mol. The molecule has 0 bridgehead atoms. The number of alkyl carbamates (subject to hydrolysis) is 1. The van der Waals surface area contributed by atoms with Crippen molar-refractivity contribution >= 4 is 56.7 Å². The molecule has 0 spiro atoms. The number of nitrogens with one attached hydrogen (secondary N) is 1. The lowest BCUT2D eigenvalue weighted by molar-refractivity contribution is -0.135. The summed E-state index contributed by atoms with van der Waals surface area (Å²) in [7, 11) is 0. The SMILES string of the molecule is CC(C)C[C@H](NC(=O)OC(C)(C)C)C(=O)N1CCC(CCn2c(Sc3cc4c(cc3Br)OCO4)nc3c(N)ncnc32)CC1. The van der Waals surface area contributed by atoms with E-state index < -0.39 is 17.7 Å². The third kappa shape index (κ3) is 7.68. The van der Waals surface area contributed by atoms with Crippen LogP contribution in [0.3, 0.4) is 0 Å². The van der Waals surface area contributed by atoms with Gasteiger partial charge in [0.25, 0.3) is 0 Å². The second-order valence-electron chi connectivity index (χ2n) is 12.6. The van der Waals surface area contributed by atoms with E-state index in [-0.39, 0.29) is 18.6 Å². The van der Waals surface area contributed by atoms with Crippen LogP contribution in [0.1, 0.15) is 60.3 Å². The monoisotopic (exact) mass is 689 g/mol. The Morgan fingerprint density at radius 2 is 1.89 bits per heavy atom. The number of anilines is 1. The molecule has 0 radical (unpaired) electrons. The third-order valence-corrected chi connectivity index (χ3v) is 9.51. The van der Waals surface area contributed by atoms with Crippen molar-refractivity contribution in [2.24, 2.45) is 11.8 Å². The Morgan fingerprint density at radius 3 is 2.57 bits per heavy atom. The van der Waals surface area contributed by atoms with Crippen molar-refractivity contribution in [2.45, 2.75) is 88.5 Å². The number of nitrogen functional groups attached to an aromatic ring is 1. The smallest absolute Gasteiger partial charge is 0.408 e. The van der Waals surface area contributed by atoms with E-state index in [0.717, 1.165) is 33.8 Å². The number of benzene rings is 1. The van der Waals surface area contributed by atoms with E-state index in [1.807, 2.05) is 51.7 Å². The minimum atomic E-state index is -0.633. The zero-order valence-corrected chi connectivity index (χ0v) is 28.2. The van der Waals surface area contributed by atoms with Gasteiger partial charge >= 0.3 is 6.09 Å². The molecule has 0 unspecified atom stereocenters. The number of piperidine rings is 1. The minimum Gasteiger partial charge on any atom is -0.454 e. The summed E-state index contributed by atoms with van der Waals surface area (Å²) in [6, 6.07) is 3.22. The quantitative estimate of drug-likeness (QED) is 0.290. The van der Waals surface area contributed by atoms with Crippen LogP contribution >= 0.6 is 27.7 Å². The molecular formula is C30H40BrN7O5S. The molecule has 0 saturated carbocycles. The number of likely N-dealkylation sites (tertiary alicyclic amines) is 1. The number of imidazole rings is 1. The molecule has 14 heteroatoms. The fourth-order valence-corrected chi connectivity index (χ4v) is 6.91. The maximum absolute atomic E-state index is 13.5. The van der Waals surface area contributed by atoms with Crippen LogP contribution in [0.2, 0.25) is 0 Å². The summed E-state index contributed by atoms with van der Waals surface area (Å²) in [5.74, 6) is 2.33. The molecular weight excluding hydrogens is 650 g/mol. The molecule has 1 aromatic carbocycles. The van der Waals surface area contributed by atoms with Gasteiger partial charge in [0.15, 0.2) is 33.6 Å². The minimum absolute atomic E-state index is 0.0521. The summed E-state index contributed by atoms with van der Waals surface area (Å²) in [5, 5.41) is 3.57. The largest absolute Gasteiger partial charge is 0.454 e. The van der Waals surface area contributed by atoms with Crippen LogP contribution in [-0.4, -0.2) is 67.9 Å². The first-order valence-corrected chi connectivity index (χ1v) is 16.5. The van der Waals surface area contributed by atoms with Crippen molar-refractivity contribution in [3.05, 3.63) is 22.9 Å². The number of ether oxygens (including phenoxy) is 3. The van der Waals surface area contributed by atoms with Crippen LogP contribution in [0, 0.1) is 11.8 Å². The van der Waals surface area contributed by atoms with Crippen molar-refractivity contribution in [3.8, 4) is 11.5 Å². The van der Waals surface area contributed by atoms with E-state index in [2.05, 4.69) is 35.8 Å². The van der Waals surface area contributed by atoms with E-state index in [0.29, 0.717) is 60.5 Å². The highest BCUT2D eigenvalue weighted by Gasteiger charge is 2.31. The fourth-order valence-electron chi connectivity index (χ4n) is 5.41. The van der Waals surface area contributed by atoms with Gasteiger partial charge in [-0.15, -0.1) is 0 Å². The molecule has 3 N–H and O–H groups in total. The van der Waals surface area contributed by atoms with Crippen molar-refractivity contribution < 1.29 is 23.8 Å². The third-order valence-electron chi connectivity index (χ3n) is 7.54. The Hall–Kier alpha value is -3.26. The highest BCUT2D eigenvalue weighted by molar-refractivity contribution is 9.10. The molecule has 5 rings (SSSR count). The van der Waals surface area contributed by atoms with Crippen LogP contribution in [0.5, 0.6) is 11.5 Å². The molecule has 44 heavy (non-hydrogen) atoms. The highest BCUT2D eigenvalue weighted by Crippen LogP contribution is 2.43. The Morgan fingerprint density at radius 1 is 1.18 bits per heavy atom. The molecule has 12 nitrogen and oxygen atoms in total. The van der Waals surface area contributed by atoms with E-state index in [1.165, 1.54) is 18.1 Å². The summed E-state index contributed by atoms with van der Waals surface area (Å²) in [4.78, 5) is 42.2. The summed E-state index contributed by atoms with van der Waals surface area (Å²) in [5.41, 5.74) is 6.81. The normalized spacial score (nSPS) is 16.0. The molecule has 2 aliphatic rings. The Kier molecular flexibility index (Phi) is 9.78. The van der Waals surface area contributed by atoms with Crippen molar-refractivity contribution in [1.82, 2.24) is 29.7 Å². The zero-order valence-electron chi connectivity index (χ0n) is 25.8. The lowest BCUT2D eigenvalue weighted by Crippen LogP contribution is -2.52. The van der Waals surface area contributed by atoms with E-state index >= 15 is 0 Å². The second kappa shape index (κ2) is 13.4. The van der Waals surface area contributed by atoms with E-state index in [4.69, 9.17) is 24.9 Å². The number of nitrogens with zero attached hydrogens (tertiary/aromatic N) is 5. The number of rotatable bonds is 9. The summed E-state index contributed by atoms with van der Waals surface area (Å²) < 4.78 is 19.5. The van der Waals surface area contributed by atoms with E-state index in [9.17, 15) is 9.59 Å². The summed E-state index contributed by atoms with van der Waals surface area (Å²) in [6.07, 6.45) is 4.07. The van der Waals surface area contributed by atoms with Crippen molar-refractivity contribution in [1.29, 1.82) is 0 Å².